The highest BCUT2D eigenvalue weighted by Gasteiger charge is 2.33. The van der Waals surface area contributed by atoms with E-state index in [1.54, 1.807) is 0 Å². The second-order valence-electron chi connectivity index (χ2n) is 5.34. The summed E-state index contributed by atoms with van der Waals surface area (Å²) in [5, 5.41) is 3.96. The number of para-hydroxylation sites is 1. The molecule has 0 atom stereocenters. The highest BCUT2D eigenvalue weighted by Crippen LogP contribution is 2.30. The molecule has 26 heavy (non-hydrogen) atoms. The lowest BCUT2D eigenvalue weighted by Crippen LogP contribution is -2.18. The lowest BCUT2D eigenvalue weighted by atomic mass is 10.2. The van der Waals surface area contributed by atoms with Crippen molar-refractivity contribution < 1.29 is 13.2 Å². The van der Waals surface area contributed by atoms with Gasteiger partial charge in [0.1, 0.15) is 6.34 Å². The molecule has 0 amide bonds. The van der Waals surface area contributed by atoms with Gasteiger partial charge in [0.25, 0.3) is 0 Å². The Morgan fingerprint density at radius 2 is 2.15 bits per heavy atom. The van der Waals surface area contributed by atoms with Gasteiger partial charge in [-0.3, -0.25) is 5.43 Å². The minimum atomic E-state index is -4.58. The van der Waals surface area contributed by atoms with E-state index in [4.69, 9.17) is 6.42 Å². The Hall–Kier alpha value is -2.73. The molecule has 0 spiro atoms. The Labute approximate surface area is 152 Å². The predicted octanol–water partition coefficient (Wildman–Crippen LogP) is 3.64. The molecule has 0 saturated heterocycles. The van der Waals surface area contributed by atoms with Crippen LogP contribution in [0.15, 0.2) is 40.6 Å². The third kappa shape index (κ3) is 4.26. The number of hydrogen-bond acceptors (Lipinski definition) is 5. The fraction of sp³-hybridized carbons (Fsp3) is 0.235. The number of rotatable bonds is 5. The molecule has 0 bridgehead atoms. The number of hydrazone groups is 1. The van der Waals surface area contributed by atoms with Crippen LogP contribution in [-0.4, -0.2) is 28.6 Å². The zero-order chi connectivity index (χ0) is 18.6. The number of halogens is 3. The molecule has 1 aliphatic heterocycles. The average molecular weight is 377 g/mol. The number of aromatic nitrogens is 2. The molecule has 9 heteroatoms. The monoisotopic (exact) mass is 377 g/mol. The molecular formula is C17H14F3N5S. The quantitative estimate of drug-likeness (QED) is 0.215. The van der Waals surface area contributed by atoms with Crippen LogP contribution in [0.5, 0.6) is 0 Å². The molecule has 0 radical (unpaired) electrons. The maximum Gasteiger partial charge on any atom is 0.433 e. The molecular weight excluding hydrogens is 363 g/mol. The van der Waals surface area contributed by atoms with E-state index in [9.17, 15) is 13.2 Å². The standard InChI is InChI=1S/C17H14F3N5S/c1-2-9-26-16-22-14(17(18,19)20)10-15(23-16)24-21-11-25-8-7-12-5-3-4-6-13(12)25/h1,3-6,10-11H,7-9H2,(H,22,23,24)/b21-11+. The summed E-state index contributed by atoms with van der Waals surface area (Å²) in [6.45, 7) is 0.755. The molecule has 2 heterocycles. The minimum Gasteiger partial charge on any atom is -0.330 e. The number of nitrogens with one attached hydrogen (secondary N) is 1. The molecule has 134 valence electrons. The third-order valence-corrected chi connectivity index (χ3v) is 4.33. The lowest BCUT2D eigenvalue weighted by molar-refractivity contribution is -0.141. The topological polar surface area (TPSA) is 53.4 Å². The summed E-state index contributed by atoms with van der Waals surface area (Å²) in [4.78, 5) is 9.41. The molecule has 1 aromatic heterocycles. The van der Waals surface area contributed by atoms with Crippen molar-refractivity contribution in [2.24, 2.45) is 5.10 Å². The van der Waals surface area contributed by atoms with Crippen LogP contribution in [-0.2, 0) is 12.6 Å². The second-order valence-corrected chi connectivity index (χ2v) is 6.28. The molecule has 0 saturated carbocycles. The number of nitrogens with zero attached hydrogens (tertiary/aromatic N) is 4. The highest BCUT2D eigenvalue weighted by molar-refractivity contribution is 7.99. The van der Waals surface area contributed by atoms with E-state index >= 15 is 0 Å². The fourth-order valence-electron chi connectivity index (χ4n) is 2.45. The van der Waals surface area contributed by atoms with Gasteiger partial charge in [-0.1, -0.05) is 35.9 Å². The van der Waals surface area contributed by atoms with E-state index in [0.717, 1.165) is 36.5 Å². The molecule has 1 aliphatic rings. The van der Waals surface area contributed by atoms with Gasteiger partial charge in [-0.2, -0.15) is 18.3 Å². The van der Waals surface area contributed by atoms with Gasteiger partial charge in [-0.15, -0.1) is 6.42 Å². The van der Waals surface area contributed by atoms with Gasteiger partial charge >= 0.3 is 6.18 Å². The van der Waals surface area contributed by atoms with Crippen molar-refractivity contribution >= 4 is 29.6 Å². The van der Waals surface area contributed by atoms with Crippen molar-refractivity contribution in [3.05, 3.63) is 41.6 Å². The first-order chi connectivity index (χ1) is 12.5. The second kappa shape index (κ2) is 7.66. The zero-order valence-corrected chi connectivity index (χ0v) is 14.3. The number of anilines is 2. The van der Waals surface area contributed by atoms with Gasteiger partial charge in [0.15, 0.2) is 16.7 Å². The summed E-state index contributed by atoms with van der Waals surface area (Å²) in [6, 6.07) is 8.70. The Kier molecular flexibility index (Phi) is 5.32. The van der Waals surface area contributed by atoms with E-state index < -0.39 is 11.9 Å². The SMILES string of the molecule is C#CCSc1nc(N/N=C/N2CCc3ccccc32)cc(C(F)(F)F)n1. The van der Waals surface area contributed by atoms with Crippen molar-refractivity contribution in [1.82, 2.24) is 9.97 Å². The Balaban J connectivity index is 1.76. The van der Waals surface area contributed by atoms with E-state index in [1.165, 1.54) is 11.9 Å². The van der Waals surface area contributed by atoms with E-state index in [-0.39, 0.29) is 16.7 Å². The average Bonchev–Trinajstić information content (AvgIpc) is 3.02. The Morgan fingerprint density at radius 3 is 2.92 bits per heavy atom. The summed E-state index contributed by atoms with van der Waals surface area (Å²) < 4.78 is 39.0. The van der Waals surface area contributed by atoms with Gasteiger partial charge in [0.05, 0.1) is 5.75 Å². The normalized spacial score (nSPS) is 13.7. The molecule has 0 unspecified atom stereocenters. The van der Waals surface area contributed by atoms with Crippen LogP contribution in [0.25, 0.3) is 0 Å². The van der Waals surface area contributed by atoms with Gasteiger partial charge < -0.3 is 4.90 Å². The lowest BCUT2D eigenvalue weighted by Gasteiger charge is -2.13. The molecule has 2 aromatic rings. The van der Waals surface area contributed by atoms with Crippen LogP contribution in [0.3, 0.4) is 0 Å². The van der Waals surface area contributed by atoms with Crippen LogP contribution in [0.4, 0.5) is 24.7 Å². The van der Waals surface area contributed by atoms with E-state index in [1.807, 2.05) is 29.2 Å². The zero-order valence-electron chi connectivity index (χ0n) is 13.5. The molecule has 1 aromatic carbocycles. The maximum absolute atomic E-state index is 13.0. The van der Waals surface area contributed by atoms with E-state index in [0.29, 0.717) is 0 Å². The van der Waals surface area contributed by atoms with Crippen molar-refractivity contribution in [2.45, 2.75) is 17.8 Å². The van der Waals surface area contributed by atoms with Crippen molar-refractivity contribution in [1.29, 1.82) is 0 Å². The Morgan fingerprint density at radius 1 is 1.35 bits per heavy atom. The van der Waals surface area contributed by atoms with Crippen molar-refractivity contribution in [3.63, 3.8) is 0 Å². The number of benzene rings is 1. The van der Waals surface area contributed by atoms with Gasteiger partial charge in [0, 0.05) is 18.3 Å². The first kappa shape index (κ1) is 18.1. The first-order valence-corrected chi connectivity index (χ1v) is 8.62. The first-order valence-electron chi connectivity index (χ1n) is 7.63. The number of alkyl halides is 3. The molecule has 3 rings (SSSR count). The third-order valence-electron chi connectivity index (χ3n) is 3.58. The largest absolute Gasteiger partial charge is 0.433 e. The maximum atomic E-state index is 13.0. The van der Waals surface area contributed by atoms with Crippen LogP contribution in [0.2, 0.25) is 0 Å². The highest BCUT2D eigenvalue weighted by atomic mass is 32.2. The van der Waals surface area contributed by atoms with Crippen molar-refractivity contribution in [2.75, 3.05) is 22.6 Å². The summed E-state index contributed by atoms with van der Waals surface area (Å²) in [7, 11) is 0. The number of hydrogen-bond donors (Lipinski definition) is 1. The van der Waals surface area contributed by atoms with Gasteiger partial charge in [0.2, 0.25) is 0 Å². The molecule has 5 nitrogen and oxygen atoms in total. The summed E-state index contributed by atoms with van der Waals surface area (Å²) in [5.74, 6) is 2.46. The smallest absolute Gasteiger partial charge is 0.330 e. The summed E-state index contributed by atoms with van der Waals surface area (Å²) in [5.41, 5.74) is 3.73. The van der Waals surface area contributed by atoms with Crippen LogP contribution in [0, 0.1) is 12.3 Å². The van der Waals surface area contributed by atoms with E-state index in [2.05, 4.69) is 26.4 Å². The van der Waals surface area contributed by atoms with Crippen LogP contribution in [0.1, 0.15) is 11.3 Å². The summed E-state index contributed by atoms with van der Waals surface area (Å²) >= 11 is 0.954. The minimum absolute atomic E-state index is 0.0458. The van der Waals surface area contributed by atoms with Crippen molar-refractivity contribution in [3.8, 4) is 12.3 Å². The fourth-order valence-corrected chi connectivity index (χ4v) is 2.99. The van der Waals surface area contributed by atoms with Crippen LogP contribution < -0.4 is 10.3 Å². The molecule has 1 N–H and O–H groups in total. The number of fused-ring (bicyclic) bond motifs is 1. The predicted molar refractivity (Wildman–Crippen MR) is 96.2 cm³/mol. The number of thioether (sulfide) groups is 1. The molecule has 0 fully saturated rings. The molecule has 0 aliphatic carbocycles. The van der Waals surface area contributed by atoms with Gasteiger partial charge in [-0.05, 0) is 18.1 Å². The summed E-state index contributed by atoms with van der Waals surface area (Å²) in [6.07, 6.45) is 2.98. The number of terminal acetylenes is 1. The Bertz CT molecular complexity index is 860. The van der Waals surface area contributed by atoms with Crippen LogP contribution >= 0.6 is 11.8 Å². The van der Waals surface area contributed by atoms with Gasteiger partial charge in [-0.25, -0.2) is 9.97 Å².